The Bertz CT molecular complexity index is 494. The summed E-state index contributed by atoms with van der Waals surface area (Å²) in [6, 6.07) is 0. The highest BCUT2D eigenvalue weighted by Gasteiger charge is 2.23. The number of methoxy groups -OCH3 is 1. The van der Waals surface area contributed by atoms with Crippen LogP contribution >= 0.6 is 0 Å². The quantitative estimate of drug-likeness (QED) is 0.775. The molecule has 1 fully saturated rings. The molecule has 0 saturated carbocycles. The molecule has 2 rings (SSSR count). The van der Waals surface area contributed by atoms with Gasteiger partial charge in [-0.1, -0.05) is 5.21 Å². The Morgan fingerprint density at radius 3 is 2.65 bits per heavy atom. The molecule has 8 heteroatoms. The fourth-order valence-corrected chi connectivity index (χ4v) is 2.27. The molecule has 0 unspecified atom stereocenters. The molecule has 110 valence electrons. The molecule has 2 heterocycles. The van der Waals surface area contributed by atoms with E-state index < -0.39 is 5.97 Å². The van der Waals surface area contributed by atoms with E-state index in [1.807, 2.05) is 0 Å². The number of carboxylic acid groups (broad SMARTS) is 1. The fraction of sp³-hybridized carbons (Fsp3) is 0.667. The van der Waals surface area contributed by atoms with Crippen LogP contribution in [0.25, 0.3) is 0 Å². The van der Waals surface area contributed by atoms with Crippen molar-refractivity contribution in [1.29, 1.82) is 0 Å². The number of nitrogens with zero attached hydrogens (tertiary/aromatic N) is 4. The summed E-state index contributed by atoms with van der Waals surface area (Å²) in [6.45, 7) is 1.89. The van der Waals surface area contributed by atoms with Crippen LogP contribution in [0.2, 0.25) is 0 Å². The van der Waals surface area contributed by atoms with Gasteiger partial charge in [-0.25, -0.2) is 9.48 Å². The molecule has 0 aliphatic carbocycles. The molecule has 1 aliphatic heterocycles. The van der Waals surface area contributed by atoms with Crippen molar-refractivity contribution < 1.29 is 19.4 Å². The number of aromatic nitrogens is 3. The summed E-state index contributed by atoms with van der Waals surface area (Å²) in [6.07, 6.45) is 2.39. The van der Waals surface area contributed by atoms with Crippen LogP contribution in [0.4, 0.5) is 0 Å². The lowest BCUT2D eigenvalue weighted by Crippen LogP contribution is -2.32. The zero-order valence-corrected chi connectivity index (χ0v) is 11.4. The first-order valence-corrected chi connectivity index (χ1v) is 6.56. The van der Waals surface area contributed by atoms with E-state index in [1.54, 1.807) is 4.90 Å². The average Bonchev–Trinajstić information content (AvgIpc) is 3.05. The largest absolute Gasteiger partial charge is 0.476 e. The minimum absolute atomic E-state index is 0.0271. The van der Waals surface area contributed by atoms with E-state index in [2.05, 4.69) is 10.3 Å². The summed E-state index contributed by atoms with van der Waals surface area (Å²) in [5.74, 6) is -1.20. The monoisotopic (exact) mass is 282 g/mol. The van der Waals surface area contributed by atoms with E-state index >= 15 is 0 Å². The zero-order valence-electron chi connectivity index (χ0n) is 11.4. The summed E-state index contributed by atoms with van der Waals surface area (Å²) in [5, 5.41) is 16.5. The summed E-state index contributed by atoms with van der Waals surface area (Å²) >= 11 is 0. The van der Waals surface area contributed by atoms with Crippen LogP contribution in [0.5, 0.6) is 0 Å². The normalized spacial score (nSPS) is 14.8. The topological polar surface area (TPSA) is 97.5 Å². The Kier molecular flexibility index (Phi) is 4.67. The third-order valence-corrected chi connectivity index (χ3v) is 3.33. The Morgan fingerprint density at radius 1 is 1.35 bits per heavy atom. The van der Waals surface area contributed by atoms with Gasteiger partial charge >= 0.3 is 5.97 Å². The molecule has 1 amide bonds. The fourth-order valence-electron chi connectivity index (χ4n) is 2.27. The van der Waals surface area contributed by atoms with Crippen LogP contribution in [0.3, 0.4) is 0 Å². The van der Waals surface area contributed by atoms with Gasteiger partial charge in [-0.05, 0) is 12.8 Å². The second kappa shape index (κ2) is 6.47. The first-order chi connectivity index (χ1) is 9.63. The van der Waals surface area contributed by atoms with Crippen molar-refractivity contribution in [2.75, 3.05) is 26.8 Å². The first kappa shape index (κ1) is 14.4. The van der Waals surface area contributed by atoms with E-state index in [0.717, 1.165) is 25.9 Å². The number of hydrogen-bond donors (Lipinski definition) is 1. The van der Waals surface area contributed by atoms with Gasteiger partial charge in [0.2, 0.25) is 5.91 Å². The van der Waals surface area contributed by atoms with Gasteiger partial charge < -0.3 is 14.7 Å². The van der Waals surface area contributed by atoms with Gasteiger partial charge in [-0.2, -0.15) is 0 Å². The number of amides is 1. The van der Waals surface area contributed by atoms with Gasteiger partial charge in [-0.3, -0.25) is 4.79 Å². The number of carbonyl (C=O) groups excluding carboxylic acids is 1. The molecule has 8 nitrogen and oxygen atoms in total. The van der Waals surface area contributed by atoms with Crippen molar-refractivity contribution in [2.24, 2.45) is 0 Å². The van der Waals surface area contributed by atoms with E-state index in [0.29, 0.717) is 18.7 Å². The standard InChI is InChI=1S/C12H18N4O4/c1-20-7-4-9-11(12(18)19)13-14-16(9)8-10(17)15-5-2-3-6-15/h2-8H2,1H3,(H,18,19). The van der Waals surface area contributed by atoms with Crippen LogP contribution < -0.4 is 0 Å². The van der Waals surface area contributed by atoms with Crippen molar-refractivity contribution in [1.82, 2.24) is 19.9 Å². The highest BCUT2D eigenvalue weighted by molar-refractivity contribution is 5.86. The van der Waals surface area contributed by atoms with Crippen molar-refractivity contribution >= 4 is 11.9 Å². The molecule has 1 aromatic heterocycles. The van der Waals surface area contributed by atoms with Crippen LogP contribution in [0.1, 0.15) is 29.0 Å². The van der Waals surface area contributed by atoms with Crippen LogP contribution in [0.15, 0.2) is 0 Å². The third kappa shape index (κ3) is 3.13. The molecule has 20 heavy (non-hydrogen) atoms. The second-order valence-electron chi connectivity index (χ2n) is 4.68. The summed E-state index contributed by atoms with van der Waals surface area (Å²) in [7, 11) is 1.53. The van der Waals surface area contributed by atoms with Crippen LogP contribution in [-0.2, 0) is 22.5 Å². The van der Waals surface area contributed by atoms with Crippen molar-refractivity contribution in [3.05, 3.63) is 11.4 Å². The maximum Gasteiger partial charge on any atom is 0.358 e. The molecule has 0 spiro atoms. The van der Waals surface area contributed by atoms with Gasteiger partial charge in [0.25, 0.3) is 0 Å². The van der Waals surface area contributed by atoms with Crippen molar-refractivity contribution in [3.8, 4) is 0 Å². The lowest BCUT2D eigenvalue weighted by Gasteiger charge is -2.15. The zero-order chi connectivity index (χ0) is 14.5. The Morgan fingerprint density at radius 2 is 2.05 bits per heavy atom. The number of rotatable bonds is 6. The Hall–Kier alpha value is -1.96. The molecule has 1 aliphatic rings. The highest BCUT2D eigenvalue weighted by Crippen LogP contribution is 2.11. The molecule has 0 aromatic carbocycles. The molecular weight excluding hydrogens is 264 g/mol. The predicted molar refractivity (Wildman–Crippen MR) is 68.4 cm³/mol. The van der Waals surface area contributed by atoms with Gasteiger partial charge in [0.15, 0.2) is 5.69 Å². The van der Waals surface area contributed by atoms with E-state index in [9.17, 15) is 9.59 Å². The van der Waals surface area contributed by atoms with E-state index in [4.69, 9.17) is 9.84 Å². The molecule has 0 radical (unpaired) electrons. The first-order valence-electron chi connectivity index (χ1n) is 6.56. The number of hydrogen-bond acceptors (Lipinski definition) is 5. The van der Waals surface area contributed by atoms with E-state index in [1.165, 1.54) is 11.8 Å². The maximum absolute atomic E-state index is 12.1. The van der Waals surface area contributed by atoms with Crippen LogP contribution in [0, 0.1) is 0 Å². The third-order valence-electron chi connectivity index (χ3n) is 3.33. The maximum atomic E-state index is 12.1. The summed E-state index contributed by atoms with van der Waals surface area (Å²) < 4.78 is 6.32. The number of ether oxygens (including phenoxy) is 1. The second-order valence-corrected chi connectivity index (χ2v) is 4.68. The number of aromatic carboxylic acids is 1. The van der Waals surface area contributed by atoms with Crippen molar-refractivity contribution in [2.45, 2.75) is 25.8 Å². The van der Waals surface area contributed by atoms with Crippen LogP contribution in [-0.4, -0.2) is 63.7 Å². The minimum atomic E-state index is -1.14. The molecule has 1 aromatic rings. The Balaban J connectivity index is 2.13. The Labute approximate surface area is 116 Å². The van der Waals surface area contributed by atoms with E-state index in [-0.39, 0.29) is 18.1 Å². The molecular formula is C12H18N4O4. The van der Waals surface area contributed by atoms with Gasteiger partial charge in [0.1, 0.15) is 6.54 Å². The van der Waals surface area contributed by atoms with Crippen molar-refractivity contribution in [3.63, 3.8) is 0 Å². The number of carbonyl (C=O) groups is 2. The molecule has 1 N–H and O–H groups in total. The highest BCUT2D eigenvalue weighted by atomic mass is 16.5. The summed E-state index contributed by atoms with van der Waals surface area (Å²) in [5.41, 5.74) is 0.308. The van der Waals surface area contributed by atoms with Gasteiger partial charge in [-0.15, -0.1) is 5.10 Å². The lowest BCUT2D eigenvalue weighted by atomic mass is 10.2. The number of carboxylic acids is 1. The number of likely N-dealkylation sites (tertiary alicyclic amines) is 1. The molecule has 0 atom stereocenters. The smallest absolute Gasteiger partial charge is 0.358 e. The average molecular weight is 282 g/mol. The van der Waals surface area contributed by atoms with Gasteiger partial charge in [0.05, 0.1) is 12.3 Å². The minimum Gasteiger partial charge on any atom is -0.476 e. The molecule has 1 saturated heterocycles. The predicted octanol–water partition coefficient (Wildman–Crippen LogP) is -0.212. The summed E-state index contributed by atoms with van der Waals surface area (Å²) in [4.78, 5) is 24.9. The van der Waals surface area contributed by atoms with Gasteiger partial charge in [0, 0.05) is 26.6 Å². The lowest BCUT2D eigenvalue weighted by molar-refractivity contribution is -0.131. The SMILES string of the molecule is COCCc1c(C(=O)O)nnn1CC(=O)N1CCCC1. The molecule has 0 bridgehead atoms.